The average molecular weight is 806 g/mol. The molecule has 0 heterocycles. The van der Waals surface area contributed by atoms with Crippen LogP contribution in [0, 0.1) is 14.3 Å². The van der Waals surface area contributed by atoms with E-state index in [1.54, 1.807) is 0 Å². The first-order valence-corrected chi connectivity index (χ1v) is 15.1. The number of halogens is 13. The van der Waals surface area contributed by atoms with Crippen LogP contribution in [0.4, 0.5) is 47.7 Å². The smallest absolute Gasteiger partial charge is 0.418 e. The third-order valence-corrected chi connectivity index (χ3v) is 8.74. The highest BCUT2D eigenvalue weighted by atomic mass is 127. The van der Waals surface area contributed by atoms with Crippen molar-refractivity contribution in [2.45, 2.75) is 6.68 Å². The summed E-state index contributed by atoms with van der Waals surface area (Å²) in [5.41, 5.74) is 0. The van der Waals surface area contributed by atoms with E-state index >= 15 is 0 Å². The zero-order chi connectivity index (χ0) is 30.4. The fraction of sp³-hybridized carbons (Fsp3) is 0.0400. The average Bonchev–Trinajstić information content (AvgIpc) is 2.85. The molecule has 0 spiro atoms. The number of hydrogen-bond donors (Lipinski definition) is 0. The summed E-state index contributed by atoms with van der Waals surface area (Å²) in [6.07, 6.45) is 0. The van der Waals surface area contributed by atoms with Gasteiger partial charge in [-0.1, -0.05) is 72.8 Å². The van der Waals surface area contributed by atoms with Gasteiger partial charge in [0.25, 0.3) is 0 Å². The van der Waals surface area contributed by atoms with Crippen molar-refractivity contribution in [3.63, 3.8) is 0 Å². The van der Waals surface area contributed by atoms with Crippen LogP contribution in [0.5, 0.6) is 0 Å². The molecule has 0 radical (unpaired) electrons. The zero-order valence-electron chi connectivity index (χ0n) is 20.2. The normalized spacial score (nSPS) is 10.3. The first-order valence-electron chi connectivity index (χ1n) is 10.8. The molecule has 0 amide bonds. The predicted octanol–water partition coefficient (Wildman–Crippen LogP) is 3.41. The molecule has 218 valence electrons. The molecule has 0 aliphatic heterocycles. The molecule has 4 aromatic rings. The van der Waals surface area contributed by atoms with Crippen molar-refractivity contribution in [3.05, 3.63) is 136 Å². The Hall–Kier alpha value is -2.30. The molecule has 0 unspecified atom stereocenters. The lowest BCUT2D eigenvalue weighted by Gasteiger charge is -1.94. The molecule has 0 fully saturated rings. The fourth-order valence-corrected chi connectivity index (χ4v) is 6.70. The van der Waals surface area contributed by atoms with Crippen LogP contribution in [0.25, 0.3) is 0 Å². The maximum atomic E-state index is 9.75. The highest BCUT2D eigenvalue weighted by Gasteiger charge is 2.21. The first-order chi connectivity index (χ1) is 18.6. The number of hydrogen-bond acceptors (Lipinski definition) is 0. The summed E-state index contributed by atoms with van der Waals surface area (Å²) in [5, 5.41) is 0. The molecule has 0 saturated carbocycles. The summed E-state index contributed by atoms with van der Waals surface area (Å²) in [4.78, 5) is 0. The molecule has 4 aromatic carbocycles. The lowest BCUT2D eigenvalue weighted by atomic mass is 10.3. The summed E-state index contributed by atoms with van der Waals surface area (Å²) < 4.78 is 113. The highest BCUT2D eigenvalue weighted by Crippen LogP contribution is 2.07. The summed E-state index contributed by atoms with van der Waals surface area (Å²) >= 11 is 0.0574. The Kier molecular flexibility index (Phi) is 20.2. The topological polar surface area (TPSA) is 0 Å². The van der Waals surface area contributed by atoms with Gasteiger partial charge in [-0.15, -0.1) is 0 Å². The van der Waals surface area contributed by atoms with Gasteiger partial charge < -0.3 is 34.5 Å². The Labute approximate surface area is 245 Å². The number of benzene rings is 4. The van der Waals surface area contributed by atoms with E-state index in [0.29, 0.717) is 0 Å². The van der Waals surface area contributed by atoms with Gasteiger partial charge in [0.1, 0.15) is 0 Å². The van der Waals surface area contributed by atoms with Gasteiger partial charge in [-0.05, 0) is 48.5 Å². The van der Waals surface area contributed by atoms with E-state index in [0.717, 1.165) is 0 Å². The maximum Gasteiger partial charge on any atom is 0.673 e. The molecule has 0 N–H and O–H groups in total. The molecule has 0 nitrogen and oxygen atoms in total. The van der Waals surface area contributed by atoms with Crippen LogP contribution in [0.3, 0.4) is 0 Å². The molecule has 0 aliphatic rings. The van der Waals surface area contributed by atoms with Crippen molar-refractivity contribution in [3.8, 4) is 0 Å². The quantitative estimate of drug-likeness (QED) is 0.169. The molecule has 0 saturated heterocycles. The largest absolute Gasteiger partial charge is 0.673 e. The lowest BCUT2D eigenvalue weighted by Crippen LogP contribution is -3.61. The fourth-order valence-electron chi connectivity index (χ4n) is 2.16. The van der Waals surface area contributed by atoms with Crippen molar-refractivity contribution in [2.24, 2.45) is 0 Å². The van der Waals surface area contributed by atoms with Crippen LogP contribution in [0.1, 0.15) is 0 Å². The van der Waals surface area contributed by atoms with E-state index in [4.69, 9.17) is 0 Å². The number of rotatable bonds is 4. The van der Waals surface area contributed by atoms with E-state index in [2.05, 4.69) is 121 Å². The molecule has 0 aliphatic carbocycles. The van der Waals surface area contributed by atoms with Crippen LogP contribution in [-0.2, 0) is 0 Å². The molecular weight excluding hydrogens is 785 g/mol. The van der Waals surface area contributed by atoms with Crippen LogP contribution in [-0.4, -0.2) is 21.2 Å². The molecule has 15 heteroatoms. The summed E-state index contributed by atoms with van der Waals surface area (Å²) in [6.45, 7) is -3.67. The standard InChI is InChI=1S/2C12H10I.CHF3.2BF4/c2*1-3-7-11(8-4-1)13-12-9-5-2-6-10-12;2-1(3)4;2*2-1(3,4)5/h2*1-10H;1H;;/q2*+1;;2*-1. The molecule has 40 heavy (non-hydrogen) atoms. The third-order valence-electron chi connectivity index (χ3n) is 3.37. The van der Waals surface area contributed by atoms with Crippen LogP contribution >= 0.6 is 0 Å². The molecule has 4 rings (SSSR count). The third kappa shape index (κ3) is 30.2. The monoisotopic (exact) mass is 806 g/mol. The Bertz CT molecular complexity index is 941. The minimum Gasteiger partial charge on any atom is -0.418 e. The second kappa shape index (κ2) is 21.4. The van der Waals surface area contributed by atoms with Crippen molar-refractivity contribution in [1.29, 1.82) is 0 Å². The Morgan fingerprint density at radius 3 is 0.600 bits per heavy atom. The molecular formula is C25H21B2F11I2. The Morgan fingerprint density at radius 1 is 0.350 bits per heavy atom. The molecule has 0 aromatic heterocycles. The van der Waals surface area contributed by atoms with Crippen molar-refractivity contribution >= 4 is 14.5 Å². The predicted molar refractivity (Wildman–Crippen MR) is 128 cm³/mol. The van der Waals surface area contributed by atoms with Crippen LogP contribution in [0.2, 0.25) is 0 Å². The SMILES string of the molecule is FC(F)F.F[B-](F)(F)F.F[B-](F)(F)F.c1ccc([I+]c2ccccc2)cc1.c1ccc([I+]c2ccccc2)cc1. The van der Waals surface area contributed by atoms with Gasteiger partial charge in [0.05, 0.1) is 0 Å². The maximum absolute atomic E-state index is 9.75. The van der Waals surface area contributed by atoms with Gasteiger partial charge in [0.2, 0.25) is 0 Å². The van der Waals surface area contributed by atoms with Crippen molar-refractivity contribution in [1.82, 2.24) is 0 Å². The van der Waals surface area contributed by atoms with Gasteiger partial charge in [-0.25, -0.2) is 0 Å². The van der Waals surface area contributed by atoms with Crippen LogP contribution in [0.15, 0.2) is 121 Å². The van der Waals surface area contributed by atoms with E-state index in [-0.39, 0.29) is 42.4 Å². The minimum absolute atomic E-state index is 0.0287. The van der Waals surface area contributed by atoms with Gasteiger partial charge in [0, 0.05) is 0 Å². The Morgan fingerprint density at radius 2 is 0.475 bits per heavy atom. The second-order valence-electron chi connectivity index (χ2n) is 6.61. The van der Waals surface area contributed by atoms with Gasteiger partial charge in [0.15, 0.2) is 14.3 Å². The highest BCUT2D eigenvalue weighted by molar-refractivity contribution is 6.50. The van der Waals surface area contributed by atoms with Crippen molar-refractivity contribution < 1.29 is 90.1 Å². The zero-order valence-corrected chi connectivity index (χ0v) is 24.5. The minimum atomic E-state index is -6.00. The van der Waals surface area contributed by atoms with E-state index < -0.39 is 21.2 Å². The van der Waals surface area contributed by atoms with Gasteiger partial charge in [-0.2, -0.15) is 13.2 Å². The lowest BCUT2D eigenvalue weighted by molar-refractivity contribution is -0.597. The van der Waals surface area contributed by atoms with Crippen molar-refractivity contribution in [2.75, 3.05) is 0 Å². The van der Waals surface area contributed by atoms with E-state index in [9.17, 15) is 47.7 Å². The first kappa shape index (κ1) is 37.7. The van der Waals surface area contributed by atoms with E-state index in [1.807, 2.05) is 0 Å². The van der Waals surface area contributed by atoms with E-state index in [1.165, 1.54) is 14.3 Å². The van der Waals surface area contributed by atoms with Gasteiger partial charge in [-0.3, -0.25) is 0 Å². The second-order valence-corrected chi connectivity index (χ2v) is 12.7. The number of alkyl halides is 3. The summed E-state index contributed by atoms with van der Waals surface area (Å²) in [7, 11) is -12.0. The molecule has 0 bridgehead atoms. The summed E-state index contributed by atoms with van der Waals surface area (Å²) in [6, 6.07) is 42.8. The molecule has 0 atom stereocenters. The summed E-state index contributed by atoms with van der Waals surface area (Å²) in [5.74, 6) is 0. The Balaban J connectivity index is 0.000000526. The van der Waals surface area contributed by atoms with Crippen LogP contribution < -0.4 is 42.4 Å². The van der Waals surface area contributed by atoms with Gasteiger partial charge >= 0.3 is 63.6 Å².